The molecule has 6 nitrogen and oxygen atoms in total. The molecule has 0 atom stereocenters. The molecule has 0 bridgehead atoms. The number of urea groups is 1. The highest BCUT2D eigenvalue weighted by Gasteiger charge is 2.30. The van der Waals surface area contributed by atoms with E-state index < -0.39 is 0 Å². The lowest BCUT2D eigenvalue weighted by Gasteiger charge is -2.35. The Morgan fingerprint density at radius 1 is 0.923 bits per heavy atom. The molecule has 0 saturated carbocycles. The van der Waals surface area contributed by atoms with Gasteiger partial charge in [0.2, 0.25) is 5.91 Å². The maximum atomic E-state index is 12.6. The van der Waals surface area contributed by atoms with Gasteiger partial charge in [-0.2, -0.15) is 0 Å². The monoisotopic (exact) mass is 358 g/mol. The van der Waals surface area contributed by atoms with Gasteiger partial charge in [0.1, 0.15) is 0 Å². The Labute approximate surface area is 155 Å². The first-order valence-corrected chi connectivity index (χ1v) is 9.77. The number of likely N-dealkylation sites (tertiary alicyclic amines) is 2. The average Bonchev–Trinajstić information content (AvgIpc) is 2.72. The van der Waals surface area contributed by atoms with Crippen molar-refractivity contribution in [3.63, 3.8) is 0 Å². The summed E-state index contributed by atoms with van der Waals surface area (Å²) in [6, 6.07) is 7.91. The van der Waals surface area contributed by atoms with E-state index in [-0.39, 0.29) is 11.9 Å². The van der Waals surface area contributed by atoms with Gasteiger partial charge in [-0.15, -0.1) is 0 Å². The lowest BCUT2D eigenvalue weighted by Crippen LogP contribution is -2.48. The molecule has 2 heterocycles. The molecule has 2 aliphatic rings. The Balaban J connectivity index is 1.42. The number of nitrogens with one attached hydrogen (secondary N) is 1. The minimum absolute atomic E-state index is 0.0447. The van der Waals surface area contributed by atoms with Crippen LogP contribution in [0.1, 0.15) is 43.2 Å². The summed E-state index contributed by atoms with van der Waals surface area (Å²) in [4.78, 5) is 28.8. The van der Waals surface area contributed by atoms with Crippen molar-refractivity contribution in [1.82, 2.24) is 15.1 Å². The molecular weight excluding hydrogens is 328 g/mol. The second kappa shape index (κ2) is 9.03. The Bertz CT molecular complexity index is 603. The minimum Gasteiger partial charge on any atom is -0.342 e. The van der Waals surface area contributed by atoms with Crippen molar-refractivity contribution in [2.45, 2.75) is 45.2 Å². The molecule has 0 spiro atoms. The van der Waals surface area contributed by atoms with Gasteiger partial charge >= 0.3 is 6.03 Å². The van der Waals surface area contributed by atoms with Crippen molar-refractivity contribution in [1.29, 1.82) is 0 Å². The highest BCUT2D eigenvalue weighted by molar-refractivity contribution is 5.80. The number of rotatable bonds is 4. The Morgan fingerprint density at radius 2 is 1.54 bits per heavy atom. The van der Waals surface area contributed by atoms with Crippen molar-refractivity contribution < 1.29 is 9.59 Å². The molecule has 3 N–H and O–H groups in total. The van der Waals surface area contributed by atoms with E-state index in [1.54, 1.807) is 0 Å². The van der Waals surface area contributed by atoms with Crippen LogP contribution in [0.2, 0.25) is 0 Å². The third-order valence-corrected chi connectivity index (χ3v) is 5.50. The first-order valence-electron chi connectivity index (χ1n) is 9.77. The predicted octanol–water partition coefficient (Wildman–Crippen LogP) is 2.08. The van der Waals surface area contributed by atoms with Crippen LogP contribution in [0.5, 0.6) is 0 Å². The average molecular weight is 358 g/mol. The first-order chi connectivity index (χ1) is 12.7. The molecule has 0 aliphatic carbocycles. The summed E-state index contributed by atoms with van der Waals surface area (Å²) < 4.78 is 0. The number of piperidine rings is 2. The number of carbonyl (C=O) groups is 2. The van der Waals surface area contributed by atoms with Crippen molar-refractivity contribution in [2.24, 2.45) is 11.7 Å². The zero-order chi connectivity index (χ0) is 18.4. The third-order valence-electron chi connectivity index (χ3n) is 5.50. The molecule has 1 aromatic carbocycles. The van der Waals surface area contributed by atoms with Crippen molar-refractivity contribution >= 4 is 11.9 Å². The fourth-order valence-corrected chi connectivity index (χ4v) is 3.78. The molecule has 26 heavy (non-hydrogen) atoms. The SMILES string of the molecule is NCc1ccc(CNC(=O)N2CCC(C(=O)N3CCCCC3)CC2)cc1. The van der Waals surface area contributed by atoms with Gasteiger partial charge in [0, 0.05) is 45.2 Å². The number of hydrogen-bond acceptors (Lipinski definition) is 3. The number of nitrogens with zero attached hydrogens (tertiary/aromatic N) is 2. The van der Waals surface area contributed by atoms with Gasteiger partial charge < -0.3 is 20.9 Å². The van der Waals surface area contributed by atoms with Crippen molar-refractivity contribution in [2.75, 3.05) is 26.2 Å². The van der Waals surface area contributed by atoms with E-state index in [0.29, 0.717) is 32.1 Å². The van der Waals surface area contributed by atoms with Crippen molar-refractivity contribution in [3.05, 3.63) is 35.4 Å². The van der Waals surface area contributed by atoms with E-state index >= 15 is 0 Å². The van der Waals surface area contributed by atoms with Crippen LogP contribution in [0.25, 0.3) is 0 Å². The van der Waals surface area contributed by atoms with Crippen LogP contribution < -0.4 is 11.1 Å². The molecule has 2 saturated heterocycles. The van der Waals surface area contributed by atoms with Gasteiger partial charge in [0.15, 0.2) is 0 Å². The summed E-state index contributed by atoms with van der Waals surface area (Å²) in [5.74, 6) is 0.380. The summed E-state index contributed by atoms with van der Waals surface area (Å²) in [5, 5.41) is 2.97. The van der Waals surface area contributed by atoms with E-state index in [1.165, 1.54) is 6.42 Å². The molecule has 2 aliphatic heterocycles. The standard InChI is InChI=1S/C20H30N4O2/c21-14-16-4-6-17(7-5-16)15-22-20(26)24-12-8-18(9-13-24)19(25)23-10-2-1-3-11-23/h4-7,18H,1-3,8-15,21H2,(H,22,26). The third kappa shape index (κ3) is 4.75. The Kier molecular flexibility index (Phi) is 6.50. The van der Waals surface area contributed by atoms with Crippen LogP contribution in [0, 0.1) is 5.92 Å². The fraction of sp³-hybridized carbons (Fsp3) is 0.600. The van der Waals surface area contributed by atoms with Crippen LogP contribution in [-0.4, -0.2) is 47.9 Å². The lowest BCUT2D eigenvalue weighted by atomic mass is 9.94. The topological polar surface area (TPSA) is 78.7 Å². The van der Waals surface area contributed by atoms with Crippen LogP contribution in [0.3, 0.4) is 0 Å². The zero-order valence-electron chi connectivity index (χ0n) is 15.5. The van der Waals surface area contributed by atoms with Crippen LogP contribution in [-0.2, 0) is 17.9 Å². The minimum atomic E-state index is -0.0447. The van der Waals surface area contributed by atoms with E-state index in [4.69, 9.17) is 5.73 Å². The fourth-order valence-electron chi connectivity index (χ4n) is 3.78. The summed E-state index contributed by atoms with van der Waals surface area (Å²) >= 11 is 0. The Morgan fingerprint density at radius 3 is 2.15 bits per heavy atom. The molecule has 0 radical (unpaired) electrons. The molecule has 0 aromatic heterocycles. The number of amides is 3. The molecule has 142 valence electrons. The van der Waals surface area contributed by atoms with Gasteiger partial charge in [-0.3, -0.25) is 4.79 Å². The quantitative estimate of drug-likeness (QED) is 0.865. The predicted molar refractivity (Wildman–Crippen MR) is 101 cm³/mol. The van der Waals surface area contributed by atoms with Gasteiger partial charge in [0.25, 0.3) is 0 Å². The van der Waals surface area contributed by atoms with Crippen molar-refractivity contribution in [3.8, 4) is 0 Å². The molecule has 6 heteroatoms. The van der Waals surface area contributed by atoms with Crippen LogP contribution >= 0.6 is 0 Å². The number of benzene rings is 1. The van der Waals surface area contributed by atoms with E-state index in [2.05, 4.69) is 5.32 Å². The second-order valence-corrected chi connectivity index (χ2v) is 7.33. The molecular formula is C20H30N4O2. The normalized spacial score (nSPS) is 18.7. The van der Waals surface area contributed by atoms with E-state index in [1.807, 2.05) is 34.1 Å². The number of nitrogens with two attached hydrogens (primary N) is 1. The molecule has 2 fully saturated rings. The largest absolute Gasteiger partial charge is 0.342 e. The van der Waals surface area contributed by atoms with Gasteiger partial charge in [-0.05, 0) is 43.2 Å². The van der Waals surface area contributed by atoms with E-state index in [9.17, 15) is 9.59 Å². The molecule has 1 aromatic rings. The first kappa shape index (κ1) is 18.7. The summed E-state index contributed by atoms with van der Waals surface area (Å²) in [5.41, 5.74) is 7.74. The maximum absolute atomic E-state index is 12.6. The molecule has 3 rings (SSSR count). The van der Waals surface area contributed by atoms with E-state index in [0.717, 1.165) is 49.9 Å². The van der Waals surface area contributed by atoms with Gasteiger partial charge in [-0.25, -0.2) is 4.79 Å². The smallest absolute Gasteiger partial charge is 0.317 e. The highest BCUT2D eigenvalue weighted by atomic mass is 16.2. The summed E-state index contributed by atoms with van der Waals surface area (Å²) in [7, 11) is 0. The Hall–Kier alpha value is -2.08. The van der Waals surface area contributed by atoms with Crippen LogP contribution in [0.15, 0.2) is 24.3 Å². The van der Waals surface area contributed by atoms with Gasteiger partial charge in [-0.1, -0.05) is 24.3 Å². The van der Waals surface area contributed by atoms with Crippen LogP contribution in [0.4, 0.5) is 4.79 Å². The lowest BCUT2D eigenvalue weighted by molar-refractivity contribution is -0.137. The number of carbonyl (C=O) groups excluding carboxylic acids is 2. The van der Waals surface area contributed by atoms with Gasteiger partial charge in [0.05, 0.1) is 0 Å². The zero-order valence-corrected chi connectivity index (χ0v) is 15.5. The molecule has 0 unspecified atom stereocenters. The molecule has 3 amide bonds. The maximum Gasteiger partial charge on any atom is 0.317 e. The summed E-state index contributed by atoms with van der Waals surface area (Å²) in [6.07, 6.45) is 5.03. The second-order valence-electron chi connectivity index (χ2n) is 7.33. The highest BCUT2D eigenvalue weighted by Crippen LogP contribution is 2.22. The summed E-state index contributed by atoms with van der Waals surface area (Å²) in [6.45, 7) is 4.16. The number of hydrogen-bond donors (Lipinski definition) is 2.